The Balaban J connectivity index is 2.07. The van der Waals surface area contributed by atoms with Crippen LogP contribution in [0, 0.1) is 0 Å². The highest BCUT2D eigenvalue weighted by Gasteiger charge is 2.29. The third-order valence-corrected chi connectivity index (χ3v) is 3.78. The molecule has 1 aliphatic rings. The van der Waals surface area contributed by atoms with Gasteiger partial charge in [0.1, 0.15) is 11.5 Å². The van der Waals surface area contributed by atoms with Crippen LogP contribution >= 0.6 is 0 Å². The zero-order valence-corrected chi connectivity index (χ0v) is 12.3. The zero-order chi connectivity index (χ0) is 15.7. The van der Waals surface area contributed by atoms with Crippen LogP contribution in [-0.4, -0.2) is 25.3 Å². The first-order chi connectivity index (χ1) is 10.6. The lowest BCUT2D eigenvalue weighted by molar-refractivity contribution is -0.135. The van der Waals surface area contributed by atoms with Crippen LogP contribution in [0.25, 0.3) is 0 Å². The lowest BCUT2D eigenvalue weighted by Gasteiger charge is -2.25. The van der Waals surface area contributed by atoms with E-state index in [1.54, 1.807) is 26.4 Å². The number of hydrogen-bond acceptors (Lipinski definition) is 5. The quantitative estimate of drug-likeness (QED) is 0.697. The second kappa shape index (κ2) is 5.60. The second-order valence-electron chi connectivity index (χ2n) is 5.07. The minimum atomic E-state index is -0.321. The Hall–Kier alpha value is -2.69. The van der Waals surface area contributed by atoms with Crippen molar-refractivity contribution in [1.29, 1.82) is 0 Å². The van der Waals surface area contributed by atoms with E-state index in [1.165, 1.54) is 6.07 Å². The van der Waals surface area contributed by atoms with Crippen molar-refractivity contribution in [3.8, 4) is 23.0 Å². The second-order valence-corrected chi connectivity index (χ2v) is 5.07. The van der Waals surface area contributed by atoms with Crippen molar-refractivity contribution in [2.24, 2.45) is 0 Å². The third kappa shape index (κ3) is 2.45. The Morgan fingerprint density at radius 1 is 1.09 bits per heavy atom. The lowest BCUT2D eigenvalue weighted by Crippen LogP contribution is -2.20. The number of methoxy groups -OCH3 is 2. The van der Waals surface area contributed by atoms with Gasteiger partial charge in [-0.2, -0.15) is 0 Å². The summed E-state index contributed by atoms with van der Waals surface area (Å²) in [6, 6.07) is 10.4. The molecule has 5 nitrogen and oxygen atoms in total. The van der Waals surface area contributed by atoms with Crippen molar-refractivity contribution >= 4 is 5.97 Å². The van der Waals surface area contributed by atoms with Gasteiger partial charge in [0, 0.05) is 17.5 Å². The number of phenolic OH excluding ortho intramolecular Hbond substituents is 1. The van der Waals surface area contributed by atoms with Gasteiger partial charge in [0.25, 0.3) is 0 Å². The van der Waals surface area contributed by atoms with E-state index in [4.69, 9.17) is 14.2 Å². The van der Waals surface area contributed by atoms with E-state index in [-0.39, 0.29) is 24.1 Å². The van der Waals surface area contributed by atoms with E-state index in [0.29, 0.717) is 17.2 Å². The van der Waals surface area contributed by atoms with E-state index < -0.39 is 0 Å². The molecule has 0 aliphatic carbocycles. The van der Waals surface area contributed by atoms with Crippen molar-refractivity contribution < 1.29 is 24.1 Å². The molecule has 3 rings (SSSR count). The van der Waals surface area contributed by atoms with Gasteiger partial charge >= 0.3 is 5.97 Å². The molecule has 0 bridgehead atoms. The summed E-state index contributed by atoms with van der Waals surface area (Å²) in [5.41, 5.74) is 1.80. The topological polar surface area (TPSA) is 65.0 Å². The summed E-state index contributed by atoms with van der Waals surface area (Å²) in [7, 11) is 3.15. The lowest BCUT2D eigenvalue weighted by atomic mass is 9.86. The minimum absolute atomic E-state index is 0.0690. The van der Waals surface area contributed by atoms with Gasteiger partial charge in [-0.3, -0.25) is 4.79 Å². The van der Waals surface area contributed by atoms with E-state index in [9.17, 15) is 9.90 Å². The van der Waals surface area contributed by atoms with Crippen LogP contribution in [0.5, 0.6) is 23.0 Å². The number of esters is 1. The maximum atomic E-state index is 11.8. The normalized spacial score (nSPS) is 16.6. The molecule has 0 spiro atoms. The first kappa shape index (κ1) is 14.3. The highest BCUT2D eigenvalue weighted by molar-refractivity contribution is 5.78. The Kier molecular flexibility index (Phi) is 3.63. The first-order valence-corrected chi connectivity index (χ1v) is 6.88. The minimum Gasteiger partial charge on any atom is -0.508 e. The fourth-order valence-electron chi connectivity index (χ4n) is 2.71. The van der Waals surface area contributed by atoms with Gasteiger partial charge in [0.05, 0.1) is 20.6 Å². The molecule has 0 aromatic heterocycles. The third-order valence-electron chi connectivity index (χ3n) is 3.78. The molecular formula is C17H16O5. The molecule has 1 N–H and O–H groups in total. The molecule has 114 valence electrons. The number of hydrogen-bond donors (Lipinski definition) is 1. The molecule has 1 heterocycles. The van der Waals surface area contributed by atoms with Crippen LogP contribution in [0.1, 0.15) is 23.5 Å². The number of rotatable bonds is 3. The van der Waals surface area contributed by atoms with E-state index in [2.05, 4.69) is 0 Å². The molecule has 0 saturated heterocycles. The number of fused-ring (bicyclic) bond motifs is 1. The summed E-state index contributed by atoms with van der Waals surface area (Å²) >= 11 is 0. The molecule has 0 fully saturated rings. The van der Waals surface area contributed by atoms with Crippen LogP contribution in [0.3, 0.4) is 0 Å². The number of ether oxygens (including phenoxy) is 3. The molecule has 2 aromatic rings. The fourth-order valence-corrected chi connectivity index (χ4v) is 2.71. The summed E-state index contributed by atoms with van der Waals surface area (Å²) < 4.78 is 15.8. The van der Waals surface area contributed by atoms with Gasteiger partial charge < -0.3 is 19.3 Å². The summed E-state index contributed by atoms with van der Waals surface area (Å²) in [5.74, 6) is 1.25. The highest BCUT2D eigenvalue weighted by Crippen LogP contribution is 2.42. The molecule has 1 aliphatic heterocycles. The van der Waals surface area contributed by atoms with Crippen LogP contribution in [0.2, 0.25) is 0 Å². The molecular weight excluding hydrogens is 284 g/mol. The molecule has 1 unspecified atom stereocenters. The molecule has 0 radical (unpaired) electrons. The maximum absolute atomic E-state index is 11.8. The van der Waals surface area contributed by atoms with Crippen molar-refractivity contribution in [2.45, 2.75) is 12.3 Å². The molecule has 2 aromatic carbocycles. The van der Waals surface area contributed by atoms with Crippen LogP contribution < -0.4 is 14.2 Å². The van der Waals surface area contributed by atoms with Crippen molar-refractivity contribution in [1.82, 2.24) is 0 Å². The Bertz CT molecular complexity index is 723. The number of carbonyl (C=O) groups excluding carboxylic acids is 1. The van der Waals surface area contributed by atoms with Gasteiger partial charge in [-0.05, 0) is 23.8 Å². The van der Waals surface area contributed by atoms with E-state index in [1.807, 2.05) is 18.2 Å². The van der Waals surface area contributed by atoms with Crippen LogP contribution in [-0.2, 0) is 4.79 Å². The summed E-state index contributed by atoms with van der Waals surface area (Å²) in [6.07, 6.45) is 0.243. The highest BCUT2D eigenvalue weighted by atomic mass is 16.5. The summed E-state index contributed by atoms with van der Waals surface area (Å²) in [4.78, 5) is 11.8. The number of carbonyl (C=O) groups is 1. The van der Waals surface area contributed by atoms with Crippen LogP contribution in [0.15, 0.2) is 36.4 Å². The predicted molar refractivity (Wildman–Crippen MR) is 79.7 cm³/mol. The molecule has 0 amide bonds. The van der Waals surface area contributed by atoms with Gasteiger partial charge in [-0.25, -0.2) is 0 Å². The number of benzene rings is 2. The summed E-state index contributed by atoms with van der Waals surface area (Å²) in [6.45, 7) is 0. The Labute approximate surface area is 128 Å². The van der Waals surface area contributed by atoms with Crippen molar-refractivity contribution in [3.63, 3.8) is 0 Å². The maximum Gasteiger partial charge on any atom is 0.312 e. The zero-order valence-electron chi connectivity index (χ0n) is 12.3. The average molecular weight is 300 g/mol. The average Bonchev–Trinajstić information content (AvgIpc) is 2.52. The van der Waals surface area contributed by atoms with E-state index in [0.717, 1.165) is 11.1 Å². The number of phenols is 1. The first-order valence-electron chi connectivity index (χ1n) is 6.88. The molecule has 22 heavy (non-hydrogen) atoms. The molecule has 5 heteroatoms. The van der Waals surface area contributed by atoms with Gasteiger partial charge in [0.2, 0.25) is 0 Å². The SMILES string of the molecule is COc1ccc(C2CC(=O)Oc3cc(O)ccc32)cc1OC. The largest absolute Gasteiger partial charge is 0.508 e. The number of aromatic hydroxyl groups is 1. The fraction of sp³-hybridized carbons (Fsp3) is 0.235. The van der Waals surface area contributed by atoms with Gasteiger partial charge in [-0.15, -0.1) is 0 Å². The molecule has 0 saturated carbocycles. The van der Waals surface area contributed by atoms with E-state index >= 15 is 0 Å². The smallest absolute Gasteiger partial charge is 0.312 e. The monoisotopic (exact) mass is 300 g/mol. The van der Waals surface area contributed by atoms with Crippen LogP contribution in [0.4, 0.5) is 0 Å². The summed E-state index contributed by atoms with van der Waals surface area (Å²) in [5, 5.41) is 9.55. The van der Waals surface area contributed by atoms with Gasteiger partial charge in [-0.1, -0.05) is 12.1 Å². The Morgan fingerprint density at radius 2 is 1.86 bits per heavy atom. The standard InChI is InChI=1S/C17H16O5/c1-20-14-6-3-10(7-16(14)21-2)13-9-17(19)22-15-8-11(18)4-5-12(13)15/h3-8,13,18H,9H2,1-2H3. The van der Waals surface area contributed by atoms with Gasteiger partial charge in [0.15, 0.2) is 11.5 Å². The Morgan fingerprint density at radius 3 is 2.59 bits per heavy atom. The predicted octanol–water partition coefficient (Wildman–Crippen LogP) is 2.85. The van der Waals surface area contributed by atoms with Crippen molar-refractivity contribution in [3.05, 3.63) is 47.5 Å². The molecule has 1 atom stereocenters. The van der Waals surface area contributed by atoms with Crippen molar-refractivity contribution in [2.75, 3.05) is 14.2 Å².